The average molecular weight is 701 g/mol. The first-order chi connectivity index (χ1) is 22.9. The molecule has 0 saturated carbocycles. The Hall–Kier alpha value is -4.72. The molecular formula is C29H56N12O8. The number of hydrogen-bond donors (Lipinski definition) is 12. The Morgan fingerprint density at radius 3 is 1.57 bits per heavy atom. The van der Waals surface area contributed by atoms with Crippen molar-refractivity contribution >= 4 is 47.4 Å². The van der Waals surface area contributed by atoms with Crippen LogP contribution in [0.2, 0.25) is 0 Å². The number of carboxylic acids is 1. The van der Waals surface area contributed by atoms with Gasteiger partial charge in [0.25, 0.3) is 0 Å². The largest absolute Gasteiger partial charge is 0.480 e. The van der Waals surface area contributed by atoms with Crippen LogP contribution in [0.1, 0.15) is 66.7 Å². The van der Waals surface area contributed by atoms with Crippen LogP contribution in [0.15, 0.2) is 9.98 Å². The zero-order chi connectivity index (χ0) is 37.8. The van der Waals surface area contributed by atoms with Gasteiger partial charge in [-0.2, -0.15) is 0 Å². The SMILES string of the molecule is CC[C@H](C)[C@H](NC(=O)[C@H](CCCN=C(N)N)NC(=O)[C@H](CO)NC(=O)[C@@H](N)C(C)C)C(=O)N[C@@H](C)C(=O)N[C@@H](CCCN=C(N)N)C(=O)O. The Morgan fingerprint density at radius 1 is 0.653 bits per heavy atom. The van der Waals surface area contributed by atoms with E-state index in [2.05, 4.69) is 36.6 Å². The normalized spacial score (nSPS) is 15.2. The van der Waals surface area contributed by atoms with Crippen molar-refractivity contribution in [3.8, 4) is 0 Å². The van der Waals surface area contributed by atoms with Crippen LogP contribution in [-0.4, -0.2) is 114 Å². The molecule has 7 atom stereocenters. The Kier molecular flexibility index (Phi) is 20.6. The zero-order valence-electron chi connectivity index (χ0n) is 28.9. The summed E-state index contributed by atoms with van der Waals surface area (Å²) in [5.74, 6) is -6.18. The van der Waals surface area contributed by atoms with Gasteiger partial charge in [-0.3, -0.25) is 34.0 Å². The van der Waals surface area contributed by atoms with Crippen LogP contribution in [0, 0.1) is 11.8 Å². The molecule has 20 heteroatoms. The van der Waals surface area contributed by atoms with Crippen molar-refractivity contribution in [3.05, 3.63) is 0 Å². The van der Waals surface area contributed by atoms with Gasteiger partial charge < -0.3 is 65.5 Å². The summed E-state index contributed by atoms with van der Waals surface area (Å²) in [5.41, 5.74) is 27.1. The second kappa shape index (κ2) is 22.8. The van der Waals surface area contributed by atoms with E-state index in [1.807, 2.05) is 0 Å². The van der Waals surface area contributed by atoms with Crippen molar-refractivity contribution in [1.29, 1.82) is 0 Å². The van der Waals surface area contributed by atoms with Gasteiger partial charge in [-0.1, -0.05) is 34.1 Å². The van der Waals surface area contributed by atoms with E-state index in [1.165, 1.54) is 6.92 Å². The molecule has 0 heterocycles. The maximum absolute atomic E-state index is 13.5. The van der Waals surface area contributed by atoms with E-state index in [0.717, 1.165) is 0 Å². The van der Waals surface area contributed by atoms with E-state index in [0.29, 0.717) is 6.42 Å². The molecule has 280 valence electrons. The van der Waals surface area contributed by atoms with E-state index in [4.69, 9.17) is 28.7 Å². The Labute approximate surface area is 286 Å². The second-order valence-electron chi connectivity index (χ2n) is 12.0. The molecule has 0 aromatic carbocycles. The summed E-state index contributed by atoms with van der Waals surface area (Å²) in [7, 11) is 0. The number of nitrogens with zero attached hydrogens (tertiary/aromatic N) is 2. The number of carbonyl (C=O) groups excluding carboxylic acids is 5. The monoisotopic (exact) mass is 700 g/mol. The smallest absolute Gasteiger partial charge is 0.326 e. The lowest BCUT2D eigenvalue weighted by Gasteiger charge is -2.28. The molecule has 0 fully saturated rings. The maximum Gasteiger partial charge on any atom is 0.326 e. The second-order valence-corrected chi connectivity index (χ2v) is 12.0. The van der Waals surface area contributed by atoms with Crippen molar-refractivity contribution in [1.82, 2.24) is 26.6 Å². The van der Waals surface area contributed by atoms with Gasteiger partial charge in [-0.25, -0.2) is 4.79 Å². The van der Waals surface area contributed by atoms with Crippen molar-refractivity contribution < 1.29 is 39.0 Å². The molecule has 0 aliphatic carbocycles. The lowest BCUT2D eigenvalue weighted by atomic mass is 9.97. The number of aliphatic hydroxyl groups is 1. The summed E-state index contributed by atoms with van der Waals surface area (Å²) in [6, 6.07) is -7.30. The fourth-order valence-corrected chi connectivity index (χ4v) is 4.19. The molecule has 49 heavy (non-hydrogen) atoms. The van der Waals surface area contributed by atoms with Crippen LogP contribution in [-0.2, 0) is 28.8 Å². The summed E-state index contributed by atoms with van der Waals surface area (Å²) in [5, 5.41) is 31.7. The molecule has 0 rings (SSSR count). The fraction of sp³-hybridized carbons (Fsp3) is 0.724. The number of aliphatic hydroxyl groups excluding tert-OH is 1. The molecule has 5 amide bonds. The molecule has 0 aromatic rings. The van der Waals surface area contributed by atoms with E-state index < -0.39 is 84.3 Å². The highest BCUT2D eigenvalue weighted by molar-refractivity contribution is 5.96. The van der Waals surface area contributed by atoms with E-state index in [-0.39, 0.29) is 56.6 Å². The van der Waals surface area contributed by atoms with Crippen molar-refractivity contribution in [3.63, 3.8) is 0 Å². The van der Waals surface area contributed by atoms with Gasteiger partial charge in [-0.15, -0.1) is 0 Å². The van der Waals surface area contributed by atoms with Crippen LogP contribution in [0.25, 0.3) is 0 Å². The first kappa shape index (κ1) is 44.3. The Balaban J connectivity index is 5.85. The van der Waals surface area contributed by atoms with Gasteiger partial charge in [-0.05, 0) is 44.4 Å². The van der Waals surface area contributed by atoms with Gasteiger partial charge >= 0.3 is 5.97 Å². The van der Waals surface area contributed by atoms with Crippen molar-refractivity contribution in [2.45, 2.75) is 103 Å². The van der Waals surface area contributed by atoms with Gasteiger partial charge in [0.1, 0.15) is 30.2 Å². The minimum Gasteiger partial charge on any atom is -0.480 e. The molecule has 20 nitrogen and oxygen atoms in total. The van der Waals surface area contributed by atoms with Crippen LogP contribution in [0.3, 0.4) is 0 Å². The van der Waals surface area contributed by atoms with Crippen LogP contribution in [0.4, 0.5) is 0 Å². The lowest BCUT2D eigenvalue weighted by Crippen LogP contribution is -2.60. The standard InChI is InChI=1S/C29H56N12O8/c1-6-15(4)21(26(47)37-16(5)22(43)39-18(27(48)49)10-8-12-36-29(33)34)41-23(44)17(9-7-11-35-28(31)32)38-24(45)19(13-42)40-25(46)20(30)14(2)3/h14-21,42H,6-13,30H2,1-5H3,(H,37,47)(H,38,45)(H,39,43)(H,40,46)(H,41,44)(H,48,49)(H4,31,32,35)(H4,33,34,36)/t15-,16-,17-,18-,19-,20-,21-/m0/s1. The Morgan fingerprint density at radius 2 is 1.12 bits per heavy atom. The van der Waals surface area contributed by atoms with Crippen LogP contribution < -0.4 is 55.3 Å². The molecule has 0 aliphatic rings. The molecule has 17 N–H and O–H groups in total. The molecule has 0 saturated heterocycles. The number of aliphatic carboxylic acids is 1. The van der Waals surface area contributed by atoms with Crippen molar-refractivity contribution in [2.24, 2.45) is 50.5 Å². The zero-order valence-corrected chi connectivity index (χ0v) is 28.9. The lowest BCUT2D eigenvalue weighted by molar-refractivity contribution is -0.142. The molecule has 0 aliphatic heterocycles. The highest BCUT2D eigenvalue weighted by atomic mass is 16.4. The Bertz CT molecular complexity index is 1170. The number of rotatable bonds is 23. The molecule has 0 aromatic heterocycles. The number of carboxylic acid groups (broad SMARTS) is 1. The van der Waals surface area contributed by atoms with Gasteiger partial charge in [0.05, 0.1) is 12.6 Å². The van der Waals surface area contributed by atoms with Gasteiger partial charge in [0.15, 0.2) is 11.9 Å². The van der Waals surface area contributed by atoms with Crippen molar-refractivity contribution in [2.75, 3.05) is 19.7 Å². The van der Waals surface area contributed by atoms with Crippen LogP contribution >= 0.6 is 0 Å². The number of hydrogen-bond acceptors (Lipinski definition) is 10. The minimum absolute atomic E-state index is 0.000624. The number of carbonyl (C=O) groups is 6. The van der Waals surface area contributed by atoms with Gasteiger partial charge in [0.2, 0.25) is 29.5 Å². The third-order valence-corrected chi connectivity index (χ3v) is 7.52. The molecule has 0 spiro atoms. The third-order valence-electron chi connectivity index (χ3n) is 7.52. The first-order valence-electron chi connectivity index (χ1n) is 16.1. The van der Waals surface area contributed by atoms with E-state index in [9.17, 15) is 39.0 Å². The maximum atomic E-state index is 13.5. The highest BCUT2D eigenvalue weighted by Crippen LogP contribution is 2.11. The summed E-state index contributed by atoms with van der Waals surface area (Å²) < 4.78 is 0. The number of amides is 5. The number of guanidine groups is 2. The number of nitrogens with one attached hydrogen (secondary N) is 5. The predicted molar refractivity (Wildman–Crippen MR) is 182 cm³/mol. The summed E-state index contributed by atoms with van der Waals surface area (Å²) in [6.45, 7) is 7.70. The topological polar surface area (TPSA) is 358 Å². The molecular weight excluding hydrogens is 644 g/mol. The number of aliphatic imine (C=N–C) groups is 2. The van der Waals surface area contributed by atoms with Gasteiger partial charge in [0, 0.05) is 13.1 Å². The van der Waals surface area contributed by atoms with Crippen LogP contribution in [0.5, 0.6) is 0 Å². The molecule has 0 radical (unpaired) electrons. The van der Waals surface area contributed by atoms with E-state index >= 15 is 0 Å². The fourth-order valence-electron chi connectivity index (χ4n) is 4.19. The highest BCUT2D eigenvalue weighted by Gasteiger charge is 2.33. The summed E-state index contributed by atoms with van der Waals surface area (Å²) in [6.07, 6.45) is 0.925. The third kappa shape index (κ3) is 17.3. The average Bonchev–Trinajstić information content (AvgIpc) is 3.03. The predicted octanol–water partition coefficient (Wildman–Crippen LogP) is -4.36. The summed E-state index contributed by atoms with van der Waals surface area (Å²) >= 11 is 0. The number of nitrogens with two attached hydrogens (primary N) is 5. The summed E-state index contributed by atoms with van der Waals surface area (Å²) in [4.78, 5) is 84.6. The quantitative estimate of drug-likeness (QED) is 0.0273. The van der Waals surface area contributed by atoms with E-state index in [1.54, 1.807) is 27.7 Å². The minimum atomic E-state index is -1.43. The molecule has 0 bridgehead atoms. The molecule has 0 unspecified atom stereocenters. The first-order valence-corrected chi connectivity index (χ1v) is 16.1.